The van der Waals surface area contributed by atoms with Gasteiger partial charge in [0.2, 0.25) is 8.32 Å². The molecule has 0 aromatic rings. The van der Waals surface area contributed by atoms with E-state index >= 15 is 0 Å². The van der Waals surface area contributed by atoms with Gasteiger partial charge in [0.25, 0.3) is 5.97 Å². The molecule has 0 bridgehead atoms. The Hall–Kier alpha value is -0.433. The van der Waals surface area contributed by atoms with Crippen LogP contribution in [0.4, 0.5) is 0 Å². The molecule has 0 aliphatic rings. The Kier molecular flexibility index (Phi) is 10.1. The van der Waals surface area contributed by atoms with E-state index in [2.05, 4.69) is 0 Å². The van der Waals surface area contributed by atoms with Gasteiger partial charge < -0.3 is 19.7 Å². The summed E-state index contributed by atoms with van der Waals surface area (Å²) in [7, 11) is -1.94. The lowest BCUT2D eigenvalue weighted by Gasteiger charge is -2.22. The van der Waals surface area contributed by atoms with E-state index in [0.717, 1.165) is 12.5 Å². The lowest BCUT2D eigenvalue weighted by molar-refractivity contribution is -0.132. The first-order valence-electron chi connectivity index (χ1n) is 7.86. The summed E-state index contributed by atoms with van der Waals surface area (Å²) in [5.41, 5.74) is 0. The molecule has 21 heavy (non-hydrogen) atoms. The monoisotopic (exact) mass is 320 g/mol. The molecule has 0 aromatic heterocycles. The van der Waals surface area contributed by atoms with Crippen LogP contribution in [-0.2, 0) is 9.22 Å². The molecule has 0 fully saturated rings. The third kappa shape index (κ3) is 13.0. The van der Waals surface area contributed by atoms with E-state index in [4.69, 9.17) is 9.53 Å². The van der Waals surface area contributed by atoms with Crippen molar-refractivity contribution in [3.63, 3.8) is 0 Å². The van der Waals surface area contributed by atoms with Gasteiger partial charge in [0.05, 0.1) is 18.3 Å². The highest BCUT2D eigenvalue weighted by Gasteiger charge is 2.25. The molecule has 0 spiro atoms. The van der Waals surface area contributed by atoms with Crippen LogP contribution >= 0.6 is 0 Å². The maximum absolute atomic E-state index is 11.0. The van der Waals surface area contributed by atoms with E-state index in [1.54, 1.807) is 6.92 Å². The molecule has 0 aliphatic heterocycles. The van der Waals surface area contributed by atoms with Crippen LogP contribution in [0.25, 0.3) is 0 Å². The highest BCUT2D eigenvalue weighted by Crippen LogP contribution is 2.18. The molecule has 6 heteroatoms. The van der Waals surface area contributed by atoms with Gasteiger partial charge >= 0.3 is 0 Å². The molecule has 0 rings (SSSR count). The summed E-state index contributed by atoms with van der Waals surface area (Å²) < 4.78 is 5.33. The van der Waals surface area contributed by atoms with Gasteiger partial charge in [-0.1, -0.05) is 6.42 Å². The van der Waals surface area contributed by atoms with Gasteiger partial charge in [-0.25, -0.2) is 0 Å². The van der Waals surface area contributed by atoms with E-state index in [1.165, 1.54) is 6.92 Å². The molecule has 0 amide bonds. The Morgan fingerprint density at radius 2 is 1.48 bits per heavy atom. The average Bonchev–Trinajstić information content (AvgIpc) is 2.31. The maximum Gasteiger partial charge on any atom is 0.289 e. The third-order valence-corrected chi connectivity index (χ3v) is 5.88. The number of carbonyl (C=O) groups is 1. The molecule has 126 valence electrons. The second-order valence-electron chi connectivity index (χ2n) is 6.56. The molecular formula is C15H32O5Si. The summed E-state index contributed by atoms with van der Waals surface area (Å²) in [5.74, 6) is -0.228. The largest absolute Gasteiger partial charge is 0.520 e. The van der Waals surface area contributed by atoms with Gasteiger partial charge in [-0.05, 0) is 58.2 Å². The van der Waals surface area contributed by atoms with Gasteiger partial charge in [0.15, 0.2) is 0 Å². The van der Waals surface area contributed by atoms with Gasteiger partial charge in [0, 0.05) is 6.92 Å². The molecule has 0 heterocycles. The fraction of sp³-hybridized carbons (Fsp3) is 0.933. The van der Waals surface area contributed by atoms with Crippen molar-refractivity contribution in [3.8, 4) is 0 Å². The number of aliphatic hydroxyl groups excluding tert-OH is 3. The summed E-state index contributed by atoms with van der Waals surface area (Å²) in [6.45, 7) is 7.13. The zero-order valence-corrected chi connectivity index (χ0v) is 14.8. The number of carbonyl (C=O) groups excluding carboxylic acids is 1. The number of aliphatic hydroxyl groups is 3. The minimum atomic E-state index is -1.94. The molecule has 5 nitrogen and oxygen atoms in total. The zero-order chi connectivity index (χ0) is 16.5. The van der Waals surface area contributed by atoms with Crippen molar-refractivity contribution >= 4 is 14.3 Å². The fourth-order valence-corrected chi connectivity index (χ4v) is 4.25. The zero-order valence-electron chi connectivity index (χ0n) is 13.8. The molecule has 3 atom stereocenters. The molecule has 0 saturated heterocycles. The predicted molar refractivity (Wildman–Crippen MR) is 85.5 cm³/mol. The van der Waals surface area contributed by atoms with Crippen LogP contribution in [0.5, 0.6) is 0 Å². The van der Waals surface area contributed by atoms with E-state index in [-0.39, 0.29) is 5.97 Å². The quantitative estimate of drug-likeness (QED) is 0.508. The smallest absolute Gasteiger partial charge is 0.289 e. The Bertz CT molecular complexity index is 294. The summed E-state index contributed by atoms with van der Waals surface area (Å²) in [6, 6.07) is 0.841. The first-order valence-corrected chi connectivity index (χ1v) is 11.0. The Labute approximate surface area is 129 Å². The predicted octanol–water partition coefficient (Wildman–Crippen LogP) is 2.20. The lowest BCUT2D eigenvalue weighted by Crippen LogP contribution is -2.32. The Morgan fingerprint density at radius 3 is 1.95 bits per heavy atom. The number of rotatable bonds is 11. The Morgan fingerprint density at radius 1 is 1.00 bits per heavy atom. The highest BCUT2D eigenvalue weighted by atomic mass is 28.4. The molecule has 3 N–H and O–H groups in total. The Balaban J connectivity index is 3.75. The summed E-state index contributed by atoms with van der Waals surface area (Å²) in [5, 5.41) is 28.8. The molecular weight excluding hydrogens is 288 g/mol. The first kappa shape index (κ1) is 20.6. The minimum absolute atomic E-state index is 0.228. The van der Waals surface area contributed by atoms with Crippen LogP contribution in [0.3, 0.4) is 0 Å². The van der Waals surface area contributed by atoms with Crippen molar-refractivity contribution in [2.75, 3.05) is 0 Å². The van der Waals surface area contributed by atoms with Crippen molar-refractivity contribution in [3.05, 3.63) is 0 Å². The number of hydrogen-bond donors (Lipinski definition) is 3. The second kappa shape index (κ2) is 10.3. The highest BCUT2D eigenvalue weighted by molar-refractivity contribution is 6.72. The van der Waals surface area contributed by atoms with E-state index in [0.29, 0.717) is 32.1 Å². The average molecular weight is 321 g/mol. The van der Waals surface area contributed by atoms with Gasteiger partial charge in [-0.2, -0.15) is 0 Å². The van der Waals surface area contributed by atoms with Crippen molar-refractivity contribution in [2.24, 2.45) is 0 Å². The van der Waals surface area contributed by atoms with Crippen molar-refractivity contribution in [1.82, 2.24) is 0 Å². The maximum atomic E-state index is 11.0. The van der Waals surface area contributed by atoms with Crippen molar-refractivity contribution in [1.29, 1.82) is 0 Å². The molecule has 0 radical (unpaired) electrons. The van der Waals surface area contributed by atoms with Crippen LogP contribution in [0.2, 0.25) is 19.1 Å². The SMILES string of the molecule is CC(=O)O[Si](C)(C)CCCC(O)CCC(O)CCC(C)O. The molecule has 0 aliphatic carbocycles. The van der Waals surface area contributed by atoms with Gasteiger partial charge in [0.1, 0.15) is 0 Å². The van der Waals surface area contributed by atoms with E-state index < -0.39 is 26.6 Å². The minimum Gasteiger partial charge on any atom is -0.520 e. The summed E-state index contributed by atoms with van der Waals surface area (Å²) >= 11 is 0. The third-order valence-electron chi connectivity index (χ3n) is 3.49. The van der Waals surface area contributed by atoms with E-state index in [9.17, 15) is 15.0 Å². The van der Waals surface area contributed by atoms with Crippen LogP contribution in [0, 0.1) is 0 Å². The number of hydrogen-bond acceptors (Lipinski definition) is 5. The first-order chi connectivity index (χ1) is 9.62. The summed E-state index contributed by atoms with van der Waals surface area (Å²) in [4.78, 5) is 11.0. The van der Waals surface area contributed by atoms with Gasteiger partial charge in [-0.15, -0.1) is 0 Å². The van der Waals surface area contributed by atoms with Crippen LogP contribution in [-0.4, -0.2) is 47.9 Å². The van der Waals surface area contributed by atoms with Crippen LogP contribution in [0.1, 0.15) is 52.4 Å². The molecule has 3 unspecified atom stereocenters. The lowest BCUT2D eigenvalue weighted by atomic mass is 10.0. The van der Waals surface area contributed by atoms with Gasteiger partial charge in [-0.3, -0.25) is 4.79 Å². The second-order valence-corrected chi connectivity index (χ2v) is 10.8. The molecule has 0 saturated carbocycles. The summed E-state index contributed by atoms with van der Waals surface area (Å²) in [6.07, 6.45) is 2.50. The normalized spacial score (nSPS) is 16.3. The van der Waals surface area contributed by atoms with Crippen molar-refractivity contribution in [2.45, 2.75) is 89.8 Å². The van der Waals surface area contributed by atoms with E-state index in [1.807, 2.05) is 13.1 Å². The molecule has 0 aromatic carbocycles. The van der Waals surface area contributed by atoms with Crippen LogP contribution < -0.4 is 0 Å². The topological polar surface area (TPSA) is 87.0 Å². The van der Waals surface area contributed by atoms with Crippen molar-refractivity contribution < 1.29 is 24.5 Å². The standard InChI is InChI=1S/C15H32O5Si/c1-12(16)7-8-15(19)10-9-14(18)6-5-11-21(3,4)20-13(2)17/h12,14-16,18-19H,5-11H2,1-4H3. The van der Waals surface area contributed by atoms with Crippen LogP contribution in [0.15, 0.2) is 0 Å². The fourth-order valence-electron chi connectivity index (χ4n) is 2.31.